The SMILES string of the molecule is Cc1ccn2cc(C(=O)N3CCOC4(CC=CCN(CCc5ccccc5)C4=O)C3)nc2c1. The van der Waals surface area contributed by atoms with Gasteiger partial charge in [-0.25, -0.2) is 4.98 Å². The van der Waals surface area contributed by atoms with Gasteiger partial charge in [-0.05, 0) is 36.6 Å². The van der Waals surface area contributed by atoms with Crippen molar-refractivity contribution >= 4 is 17.5 Å². The fourth-order valence-corrected chi connectivity index (χ4v) is 4.59. The van der Waals surface area contributed by atoms with Crippen LogP contribution in [0.25, 0.3) is 5.65 Å². The number of pyridine rings is 1. The van der Waals surface area contributed by atoms with E-state index in [-0.39, 0.29) is 18.4 Å². The van der Waals surface area contributed by atoms with Gasteiger partial charge in [0, 0.05) is 38.4 Å². The quantitative estimate of drug-likeness (QED) is 0.581. The number of hydrogen-bond acceptors (Lipinski definition) is 4. The number of nitrogens with zero attached hydrogens (tertiary/aromatic N) is 4. The third kappa shape index (κ3) is 4.28. The molecule has 1 saturated heterocycles. The van der Waals surface area contributed by atoms with Crippen molar-refractivity contribution in [1.29, 1.82) is 0 Å². The molecule has 2 aliphatic rings. The molecule has 2 aliphatic heterocycles. The standard InChI is InChI=1S/C26H28N4O3/c1-20-9-13-29-18-22(27-23(29)17-20)24(31)30-15-16-33-26(19-30)11-5-6-12-28(25(26)32)14-10-21-7-3-2-4-8-21/h2-9,13,17-18H,10-12,14-16,19H2,1H3. The van der Waals surface area contributed by atoms with Crippen LogP contribution in [-0.4, -0.2) is 69.4 Å². The fourth-order valence-electron chi connectivity index (χ4n) is 4.59. The van der Waals surface area contributed by atoms with Gasteiger partial charge < -0.3 is 18.9 Å². The zero-order valence-electron chi connectivity index (χ0n) is 18.8. The molecular formula is C26H28N4O3. The van der Waals surface area contributed by atoms with E-state index in [1.807, 2.05) is 64.9 Å². The molecule has 0 radical (unpaired) electrons. The van der Waals surface area contributed by atoms with Gasteiger partial charge in [-0.2, -0.15) is 0 Å². The number of carbonyl (C=O) groups is 2. The summed E-state index contributed by atoms with van der Waals surface area (Å²) < 4.78 is 7.96. The van der Waals surface area contributed by atoms with E-state index in [1.165, 1.54) is 5.56 Å². The summed E-state index contributed by atoms with van der Waals surface area (Å²) in [5, 5.41) is 0. The number of benzene rings is 1. The van der Waals surface area contributed by atoms with Crippen molar-refractivity contribution in [2.24, 2.45) is 0 Å². The minimum atomic E-state index is -1.05. The third-order valence-electron chi connectivity index (χ3n) is 6.44. The van der Waals surface area contributed by atoms with Crippen LogP contribution in [0.15, 0.2) is 67.0 Å². The van der Waals surface area contributed by atoms with Crippen LogP contribution < -0.4 is 0 Å². The Morgan fingerprint density at radius 1 is 1.18 bits per heavy atom. The molecule has 33 heavy (non-hydrogen) atoms. The summed E-state index contributed by atoms with van der Waals surface area (Å²) >= 11 is 0. The molecule has 0 N–H and O–H groups in total. The zero-order valence-corrected chi connectivity index (χ0v) is 18.8. The number of rotatable bonds is 4. The first kappa shape index (κ1) is 21.4. The lowest BCUT2D eigenvalue weighted by molar-refractivity contribution is -0.166. The molecule has 1 atom stereocenters. The highest BCUT2D eigenvalue weighted by molar-refractivity contribution is 5.94. The first-order valence-electron chi connectivity index (χ1n) is 11.4. The predicted molar refractivity (Wildman–Crippen MR) is 125 cm³/mol. The molecule has 7 nitrogen and oxygen atoms in total. The molecule has 1 spiro atoms. The van der Waals surface area contributed by atoms with Gasteiger partial charge in [-0.1, -0.05) is 42.5 Å². The van der Waals surface area contributed by atoms with Crippen molar-refractivity contribution in [2.45, 2.75) is 25.4 Å². The van der Waals surface area contributed by atoms with E-state index >= 15 is 0 Å². The largest absolute Gasteiger partial charge is 0.361 e. The summed E-state index contributed by atoms with van der Waals surface area (Å²) in [7, 11) is 0. The second-order valence-corrected chi connectivity index (χ2v) is 8.83. The van der Waals surface area contributed by atoms with E-state index in [0.29, 0.717) is 38.4 Å². The predicted octanol–water partition coefficient (Wildman–Crippen LogP) is 2.89. The summed E-state index contributed by atoms with van der Waals surface area (Å²) in [6.45, 7) is 4.15. The van der Waals surface area contributed by atoms with E-state index < -0.39 is 5.60 Å². The lowest BCUT2D eigenvalue weighted by Gasteiger charge is -2.42. The number of amides is 2. The Balaban J connectivity index is 1.34. The van der Waals surface area contributed by atoms with Gasteiger partial charge in [0.2, 0.25) is 0 Å². The molecule has 1 fully saturated rings. The normalized spacial score (nSPS) is 21.1. The van der Waals surface area contributed by atoms with E-state index in [9.17, 15) is 9.59 Å². The summed E-state index contributed by atoms with van der Waals surface area (Å²) in [6, 6.07) is 14.1. The molecule has 5 rings (SSSR count). The zero-order chi connectivity index (χ0) is 22.8. The average Bonchev–Trinajstić information content (AvgIpc) is 3.20. The second-order valence-electron chi connectivity index (χ2n) is 8.83. The molecular weight excluding hydrogens is 416 g/mol. The maximum Gasteiger partial charge on any atom is 0.274 e. The Kier molecular flexibility index (Phi) is 5.72. The number of ether oxygens (including phenoxy) is 1. The van der Waals surface area contributed by atoms with Crippen molar-refractivity contribution < 1.29 is 14.3 Å². The molecule has 3 aromatic rings. The molecule has 4 heterocycles. The minimum absolute atomic E-state index is 0.0495. The van der Waals surface area contributed by atoms with Gasteiger partial charge in [0.05, 0.1) is 13.2 Å². The van der Waals surface area contributed by atoms with Crippen LogP contribution in [0.5, 0.6) is 0 Å². The first-order valence-corrected chi connectivity index (χ1v) is 11.4. The Hall–Kier alpha value is -3.45. The number of hydrogen-bond donors (Lipinski definition) is 0. The van der Waals surface area contributed by atoms with Crippen LogP contribution in [0.1, 0.15) is 28.0 Å². The highest BCUT2D eigenvalue weighted by Gasteiger charge is 2.47. The number of fused-ring (bicyclic) bond motifs is 1. The maximum atomic E-state index is 13.6. The molecule has 1 unspecified atom stereocenters. The monoisotopic (exact) mass is 444 g/mol. The van der Waals surface area contributed by atoms with Crippen molar-refractivity contribution in [2.75, 3.05) is 32.8 Å². The van der Waals surface area contributed by atoms with Crippen LogP contribution in [0.3, 0.4) is 0 Å². The molecule has 170 valence electrons. The third-order valence-corrected chi connectivity index (χ3v) is 6.44. The van der Waals surface area contributed by atoms with Crippen molar-refractivity contribution in [1.82, 2.24) is 19.2 Å². The van der Waals surface area contributed by atoms with Crippen molar-refractivity contribution in [3.63, 3.8) is 0 Å². The van der Waals surface area contributed by atoms with E-state index in [4.69, 9.17) is 4.74 Å². The van der Waals surface area contributed by atoms with Gasteiger partial charge in [-0.3, -0.25) is 9.59 Å². The molecule has 0 aliphatic carbocycles. The topological polar surface area (TPSA) is 67.2 Å². The van der Waals surface area contributed by atoms with Gasteiger partial charge in [0.25, 0.3) is 11.8 Å². The Labute approximate surface area is 193 Å². The van der Waals surface area contributed by atoms with Crippen molar-refractivity contribution in [3.8, 4) is 0 Å². The lowest BCUT2D eigenvalue weighted by Crippen LogP contribution is -2.61. The highest BCUT2D eigenvalue weighted by atomic mass is 16.5. The number of aromatic nitrogens is 2. The molecule has 0 bridgehead atoms. The fraction of sp³-hybridized carbons (Fsp3) is 0.346. The minimum Gasteiger partial charge on any atom is -0.361 e. The second kappa shape index (κ2) is 8.83. The molecule has 7 heteroatoms. The molecule has 0 saturated carbocycles. The molecule has 1 aromatic carbocycles. The summed E-state index contributed by atoms with van der Waals surface area (Å²) in [6.07, 6.45) is 8.91. The number of morpholine rings is 1. The van der Waals surface area contributed by atoms with E-state index in [1.54, 1.807) is 11.1 Å². The Morgan fingerprint density at radius 3 is 2.88 bits per heavy atom. The lowest BCUT2D eigenvalue weighted by atomic mass is 9.95. The van der Waals surface area contributed by atoms with E-state index in [2.05, 4.69) is 17.1 Å². The highest BCUT2D eigenvalue weighted by Crippen LogP contribution is 2.28. The smallest absolute Gasteiger partial charge is 0.274 e. The van der Waals surface area contributed by atoms with Gasteiger partial charge in [0.1, 0.15) is 11.3 Å². The molecule has 2 aromatic heterocycles. The van der Waals surface area contributed by atoms with Crippen LogP contribution in [-0.2, 0) is 16.0 Å². The van der Waals surface area contributed by atoms with Crippen LogP contribution in [0.4, 0.5) is 0 Å². The Morgan fingerprint density at radius 2 is 2.03 bits per heavy atom. The number of carbonyl (C=O) groups excluding carboxylic acids is 2. The maximum absolute atomic E-state index is 13.6. The van der Waals surface area contributed by atoms with Crippen molar-refractivity contribution in [3.05, 3.63) is 83.8 Å². The Bertz CT molecular complexity index is 1200. The molecule has 2 amide bonds. The summed E-state index contributed by atoms with van der Waals surface area (Å²) in [4.78, 5) is 35.0. The average molecular weight is 445 g/mol. The van der Waals surface area contributed by atoms with Gasteiger partial charge in [-0.15, -0.1) is 0 Å². The van der Waals surface area contributed by atoms with Crippen LogP contribution in [0, 0.1) is 6.92 Å². The van der Waals surface area contributed by atoms with E-state index in [0.717, 1.165) is 17.6 Å². The van der Waals surface area contributed by atoms with Gasteiger partial charge >= 0.3 is 0 Å². The number of aryl methyl sites for hydroxylation is 1. The summed E-state index contributed by atoms with van der Waals surface area (Å²) in [5.41, 5.74) is 2.35. The van der Waals surface area contributed by atoms with Gasteiger partial charge in [0.15, 0.2) is 5.60 Å². The number of imidazole rings is 1. The van der Waals surface area contributed by atoms with Crippen LogP contribution >= 0.6 is 0 Å². The first-order chi connectivity index (χ1) is 16.0. The summed E-state index contributed by atoms with van der Waals surface area (Å²) in [5.74, 6) is -0.220. The van der Waals surface area contributed by atoms with Crippen LogP contribution in [0.2, 0.25) is 0 Å².